The van der Waals surface area contributed by atoms with Crippen LogP contribution in [0.5, 0.6) is 0 Å². The van der Waals surface area contributed by atoms with Crippen molar-refractivity contribution in [1.82, 2.24) is 4.72 Å². The van der Waals surface area contributed by atoms with Gasteiger partial charge in [-0.2, -0.15) is 4.72 Å². The topological polar surface area (TPSA) is 114 Å². The number of amides is 1. The number of carbonyl (C=O) groups excluding carboxylic acids is 2. The lowest BCUT2D eigenvalue weighted by molar-refractivity contribution is -0.119. The van der Waals surface area contributed by atoms with Crippen LogP contribution in [0, 0.1) is 6.92 Å². The summed E-state index contributed by atoms with van der Waals surface area (Å²) in [4.78, 5) is 24.5. The fourth-order valence-electron chi connectivity index (χ4n) is 3.32. The largest absolute Gasteiger partial charge is 0.452 e. The maximum atomic E-state index is 12.5. The van der Waals surface area contributed by atoms with Gasteiger partial charge in [0.25, 0.3) is 5.91 Å². The van der Waals surface area contributed by atoms with Crippen LogP contribution >= 0.6 is 0 Å². The number of anilines is 2. The number of ether oxygens (including phenoxy) is 1. The number of nitrogens with one attached hydrogen (secondary N) is 3. The first-order valence-electron chi connectivity index (χ1n) is 9.83. The molecule has 1 aliphatic rings. The molecule has 0 saturated carbocycles. The van der Waals surface area contributed by atoms with E-state index in [1.165, 1.54) is 18.2 Å². The monoisotopic (exact) mass is 451 g/mol. The minimum absolute atomic E-state index is 0.181. The molecule has 32 heavy (non-hydrogen) atoms. The summed E-state index contributed by atoms with van der Waals surface area (Å²) in [6, 6.07) is 20.2. The molecule has 1 atom stereocenters. The molecule has 0 aromatic heterocycles. The van der Waals surface area contributed by atoms with Crippen molar-refractivity contribution in [3.05, 3.63) is 89.5 Å². The van der Waals surface area contributed by atoms with Crippen LogP contribution in [-0.4, -0.2) is 26.9 Å². The number of aryl methyl sites for hydroxylation is 1. The first-order chi connectivity index (χ1) is 15.3. The van der Waals surface area contributed by atoms with Gasteiger partial charge in [0.2, 0.25) is 10.0 Å². The number of hydrogen-bond donors (Lipinski definition) is 3. The smallest absolute Gasteiger partial charge is 0.338 e. The maximum Gasteiger partial charge on any atom is 0.338 e. The third kappa shape index (κ3) is 4.79. The lowest BCUT2D eigenvalue weighted by Gasteiger charge is -2.28. The Balaban J connectivity index is 1.37. The first-order valence-corrected chi connectivity index (χ1v) is 11.3. The van der Waals surface area contributed by atoms with Crippen molar-refractivity contribution in [2.75, 3.05) is 17.2 Å². The molecule has 0 aliphatic carbocycles. The molecule has 1 heterocycles. The SMILES string of the molecule is Cc1cccc(NC(=O)COC(=O)c2ccc(C3Nc4ccccc4S(=O)(=O)N3)cc2)c1. The zero-order chi connectivity index (χ0) is 22.7. The van der Waals surface area contributed by atoms with Crippen LogP contribution in [0.4, 0.5) is 11.4 Å². The molecule has 9 heteroatoms. The third-order valence-corrected chi connectivity index (χ3v) is 6.35. The van der Waals surface area contributed by atoms with E-state index >= 15 is 0 Å². The molecule has 3 aromatic carbocycles. The van der Waals surface area contributed by atoms with E-state index in [0.717, 1.165) is 5.56 Å². The fraction of sp³-hybridized carbons (Fsp3) is 0.130. The Hall–Kier alpha value is -3.69. The molecule has 3 N–H and O–H groups in total. The van der Waals surface area contributed by atoms with Gasteiger partial charge in [-0.05, 0) is 54.4 Å². The standard InChI is InChI=1S/C23H21N3O5S/c1-15-5-4-6-18(13-15)24-21(27)14-31-23(28)17-11-9-16(10-12-17)22-25-19-7-2-3-8-20(19)32(29,30)26-22/h2-13,22,25-26H,14H2,1H3,(H,24,27). The number of sulfonamides is 1. The number of benzene rings is 3. The highest BCUT2D eigenvalue weighted by molar-refractivity contribution is 7.89. The highest BCUT2D eigenvalue weighted by Gasteiger charge is 2.29. The van der Waals surface area contributed by atoms with Crippen molar-refractivity contribution < 1.29 is 22.7 Å². The van der Waals surface area contributed by atoms with Crippen LogP contribution in [-0.2, 0) is 19.6 Å². The van der Waals surface area contributed by atoms with E-state index in [-0.39, 0.29) is 10.5 Å². The van der Waals surface area contributed by atoms with Crippen LogP contribution in [0.1, 0.15) is 27.7 Å². The predicted molar refractivity (Wildman–Crippen MR) is 120 cm³/mol. The Morgan fingerprint density at radius 2 is 1.75 bits per heavy atom. The second-order valence-corrected chi connectivity index (χ2v) is 8.99. The maximum absolute atomic E-state index is 12.5. The third-order valence-electron chi connectivity index (χ3n) is 4.87. The predicted octanol–water partition coefficient (Wildman–Crippen LogP) is 3.19. The molecular formula is C23H21N3O5S. The summed E-state index contributed by atoms with van der Waals surface area (Å²) in [5, 5.41) is 5.79. The molecule has 3 aromatic rings. The summed E-state index contributed by atoms with van der Waals surface area (Å²) < 4.78 is 32.6. The van der Waals surface area contributed by atoms with E-state index in [1.54, 1.807) is 36.4 Å². The summed E-state index contributed by atoms with van der Waals surface area (Å²) >= 11 is 0. The highest BCUT2D eigenvalue weighted by atomic mass is 32.2. The summed E-state index contributed by atoms with van der Waals surface area (Å²) in [5.41, 5.74) is 2.99. The first kappa shape index (κ1) is 21.5. The van der Waals surface area contributed by atoms with Crippen LogP contribution in [0.2, 0.25) is 0 Å². The van der Waals surface area contributed by atoms with Gasteiger partial charge in [-0.3, -0.25) is 4.79 Å². The van der Waals surface area contributed by atoms with Gasteiger partial charge in [0.15, 0.2) is 6.61 Å². The summed E-state index contributed by atoms with van der Waals surface area (Å²) in [5.74, 6) is -1.10. The fourth-order valence-corrected chi connectivity index (χ4v) is 4.63. The highest BCUT2D eigenvalue weighted by Crippen LogP contribution is 2.30. The van der Waals surface area contributed by atoms with E-state index in [1.807, 2.05) is 25.1 Å². The number of fused-ring (bicyclic) bond motifs is 1. The normalized spacial score (nSPS) is 16.3. The Morgan fingerprint density at radius 1 is 1.00 bits per heavy atom. The van der Waals surface area contributed by atoms with Crippen molar-refractivity contribution in [2.24, 2.45) is 0 Å². The Morgan fingerprint density at radius 3 is 2.50 bits per heavy atom. The second kappa shape index (κ2) is 8.81. The second-order valence-electron chi connectivity index (χ2n) is 7.31. The van der Waals surface area contributed by atoms with E-state index in [2.05, 4.69) is 15.4 Å². The van der Waals surface area contributed by atoms with E-state index in [0.29, 0.717) is 16.9 Å². The number of esters is 1. The summed E-state index contributed by atoms with van der Waals surface area (Å²) in [6.07, 6.45) is -0.680. The summed E-state index contributed by atoms with van der Waals surface area (Å²) in [6.45, 7) is 1.49. The Labute approximate surface area is 185 Å². The molecular weight excluding hydrogens is 430 g/mol. The molecule has 8 nitrogen and oxygen atoms in total. The number of carbonyl (C=O) groups is 2. The van der Waals surface area contributed by atoms with Gasteiger partial charge in [-0.15, -0.1) is 0 Å². The van der Waals surface area contributed by atoms with Crippen LogP contribution < -0.4 is 15.4 Å². The van der Waals surface area contributed by atoms with Gasteiger partial charge < -0.3 is 15.4 Å². The van der Waals surface area contributed by atoms with E-state index in [4.69, 9.17) is 4.74 Å². The van der Waals surface area contributed by atoms with Crippen molar-refractivity contribution >= 4 is 33.3 Å². The quantitative estimate of drug-likeness (QED) is 0.514. The van der Waals surface area contributed by atoms with Gasteiger partial charge in [0.1, 0.15) is 11.1 Å². The van der Waals surface area contributed by atoms with Crippen LogP contribution in [0.25, 0.3) is 0 Å². The van der Waals surface area contributed by atoms with Crippen molar-refractivity contribution in [3.8, 4) is 0 Å². The van der Waals surface area contributed by atoms with Gasteiger partial charge in [0, 0.05) is 5.69 Å². The number of para-hydroxylation sites is 1. The minimum Gasteiger partial charge on any atom is -0.452 e. The lowest BCUT2D eigenvalue weighted by Crippen LogP contribution is -2.38. The Bertz CT molecular complexity index is 1270. The van der Waals surface area contributed by atoms with Gasteiger partial charge in [-0.25, -0.2) is 13.2 Å². The van der Waals surface area contributed by atoms with E-state index < -0.39 is 34.7 Å². The molecule has 4 rings (SSSR count). The van der Waals surface area contributed by atoms with E-state index in [9.17, 15) is 18.0 Å². The van der Waals surface area contributed by atoms with Crippen molar-refractivity contribution in [2.45, 2.75) is 18.0 Å². The molecule has 0 saturated heterocycles. The molecule has 0 spiro atoms. The molecule has 0 radical (unpaired) electrons. The zero-order valence-corrected chi connectivity index (χ0v) is 18.0. The average Bonchev–Trinajstić information content (AvgIpc) is 2.77. The number of rotatable bonds is 5. The zero-order valence-electron chi connectivity index (χ0n) is 17.2. The van der Waals surface area contributed by atoms with Crippen molar-refractivity contribution in [1.29, 1.82) is 0 Å². The van der Waals surface area contributed by atoms with Crippen LogP contribution in [0.3, 0.4) is 0 Å². The van der Waals surface area contributed by atoms with Gasteiger partial charge >= 0.3 is 5.97 Å². The molecule has 1 aliphatic heterocycles. The van der Waals surface area contributed by atoms with Crippen molar-refractivity contribution in [3.63, 3.8) is 0 Å². The molecule has 0 fully saturated rings. The lowest BCUT2D eigenvalue weighted by atomic mass is 10.1. The molecule has 164 valence electrons. The molecule has 1 amide bonds. The number of hydrogen-bond acceptors (Lipinski definition) is 6. The van der Waals surface area contributed by atoms with Crippen LogP contribution in [0.15, 0.2) is 77.7 Å². The average molecular weight is 452 g/mol. The van der Waals surface area contributed by atoms with Gasteiger partial charge in [-0.1, -0.05) is 36.4 Å². The molecule has 1 unspecified atom stereocenters. The summed E-state index contributed by atoms with van der Waals surface area (Å²) in [7, 11) is -3.66. The van der Waals surface area contributed by atoms with Gasteiger partial charge in [0.05, 0.1) is 11.3 Å². The minimum atomic E-state index is -3.66. The Kier molecular flexibility index (Phi) is 5.93. The molecule has 0 bridgehead atoms.